The Kier molecular flexibility index (Phi) is 4.00. The number of nitrogens with zero attached hydrogens (tertiary/aromatic N) is 3. The van der Waals surface area contributed by atoms with Crippen molar-refractivity contribution in [2.24, 2.45) is 0 Å². The molecule has 124 valence electrons. The molecule has 0 bridgehead atoms. The van der Waals surface area contributed by atoms with Crippen LogP contribution in [0.25, 0.3) is 11.2 Å². The Morgan fingerprint density at radius 2 is 1.80 bits per heavy atom. The fraction of sp³-hybridized carbons (Fsp3) is 0.105. The molecule has 0 amide bonds. The van der Waals surface area contributed by atoms with E-state index in [-0.39, 0.29) is 0 Å². The average Bonchev–Trinajstić information content (AvgIpc) is 3.12. The molecule has 0 spiro atoms. The molecule has 4 rings (SSSR count). The Labute approximate surface area is 144 Å². The van der Waals surface area contributed by atoms with Crippen molar-refractivity contribution >= 4 is 22.8 Å². The maximum atomic E-state index is 5.18. The molecule has 25 heavy (non-hydrogen) atoms. The van der Waals surface area contributed by atoms with Gasteiger partial charge in [-0.3, -0.25) is 0 Å². The van der Waals surface area contributed by atoms with Crippen molar-refractivity contribution in [3.8, 4) is 5.75 Å². The molecule has 0 atom stereocenters. The number of nitrogens with one attached hydrogen (secondary N) is 2. The molecule has 2 aromatic carbocycles. The van der Waals surface area contributed by atoms with E-state index in [0.29, 0.717) is 18.0 Å². The van der Waals surface area contributed by atoms with E-state index in [9.17, 15) is 0 Å². The molecule has 0 saturated carbocycles. The summed E-state index contributed by atoms with van der Waals surface area (Å²) < 4.78 is 5.18. The van der Waals surface area contributed by atoms with Gasteiger partial charge in [0.1, 0.15) is 11.3 Å². The number of benzene rings is 2. The van der Waals surface area contributed by atoms with Gasteiger partial charge in [-0.05, 0) is 29.8 Å². The minimum Gasteiger partial charge on any atom is -0.497 e. The Balaban J connectivity index is 1.67. The van der Waals surface area contributed by atoms with Crippen LogP contribution in [0.5, 0.6) is 5.75 Å². The van der Waals surface area contributed by atoms with E-state index in [4.69, 9.17) is 4.74 Å². The maximum absolute atomic E-state index is 5.18. The Morgan fingerprint density at radius 3 is 2.56 bits per heavy atom. The predicted octanol–water partition coefficient (Wildman–Crippen LogP) is 3.70. The van der Waals surface area contributed by atoms with Gasteiger partial charge in [-0.25, -0.2) is 9.97 Å². The lowest BCUT2D eigenvalue weighted by Crippen LogP contribution is -2.02. The van der Waals surface area contributed by atoms with Crippen LogP contribution in [-0.2, 0) is 6.42 Å². The summed E-state index contributed by atoms with van der Waals surface area (Å²) in [6.07, 6.45) is 2.35. The van der Waals surface area contributed by atoms with Crippen molar-refractivity contribution in [3.05, 3.63) is 72.2 Å². The first-order valence-electron chi connectivity index (χ1n) is 7.97. The first-order valence-corrected chi connectivity index (χ1v) is 7.97. The van der Waals surface area contributed by atoms with Gasteiger partial charge in [-0.2, -0.15) is 4.98 Å². The molecule has 2 N–H and O–H groups in total. The molecule has 6 heteroatoms. The molecule has 4 aromatic rings. The zero-order valence-electron chi connectivity index (χ0n) is 13.7. The molecular weight excluding hydrogens is 314 g/mol. The van der Waals surface area contributed by atoms with Gasteiger partial charge in [0.25, 0.3) is 0 Å². The minimum atomic E-state index is 0.524. The van der Waals surface area contributed by atoms with Crippen LogP contribution in [0.3, 0.4) is 0 Å². The summed E-state index contributed by atoms with van der Waals surface area (Å²) >= 11 is 0. The molecular formula is C19H17N5O. The van der Waals surface area contributed by atoms with Crippen LogP contribution in [0.2, 0.25) is 0 Å². The lowest BCUT2D eigenvalue weighted by molar-refractivity contribution is 0.415. The van der Waals surface area contributed by atoms with Gasteiger partial charge < -0.3 is 15.0 Å². The summed E-state index contributed by atoms with van der Waals surface area (Å²) in [7, 11) is 1.65. The van der Waals surface area contributed by atoms with Crippen LogP contribution < -0.4 is 10.1 Å². The SMILES string of the molecule is COc1ccc(Nc2nc(Cc3ccccc3)c3[nH]cnc3n2)cc1. The lowest BCUT2D eigenvalue weighted by atomic mass is 10.1. The summed E-state index contributed by atoms with van der Waals surface area (Å²) in [5.74, 6) is 1.33. The lowest BCUT2D eigenvalue weighted by Gasteiger charge is -2.08. The van der Waals surface area contributed by atoms with Gasteiger partial charge in [0.15, 0.2) is 5.65 Å². The average molecular weight is 331 g/mol. The van der Waals surface area contributed by atoms with Crippen molar-refractivity contribution < 1.29 is 4.74 Å². The highest BCUT2D eigenvalue weighted by molar-refractivity contribution is 5.75. The van der Waals surface area contributed by atoms with Gasteiger partial charge in [0.05, 0.1) is 19.1 Å². The Hall–Kier alpha value is -3.41. The summed E-state index contributed by atoms with van der Waals surface area (Å²) in [5.41, 5.74) is 4.50. The second-order valence-electron chi connectivity index (χ2n) is 5.61. The summed E-state index contributed by atoms with van der Waals surface area (Å²) in [5, 5.41) is 3.23. The third-order valence-electron chi connectivity index (χ3n) is 3.92. The zero-order valence-corrected chi connectivity index (χ0v) is 13.7. The summed E-state index contributed by atoms with van der Waals surface area (Å²) in [6.45, 7) is 0. The van der Waals surface area contributed by atoms with Crippen LogP contribution >= 0.6 is 0 Å². The highest BCUT2D eigenvalue weighted by Gasteiger charge is 2.11. The third-order valence-corrected chi connectivity index (χ3v) is 3.92. The van der Waals surface area contributed by atoms with Crippen molar-refractivity contribution in [1.82, 2.24) is 19.9 Å². The number of fused-ring (bicyclic) bond motifs is 1. The first kappa shape index (κ1) is 15.1. The molecule has 2 heterocycles. The van der Waals surface area contributed by atoms with E-state index in [1.165, 1.54) is 5.56 Å². The Morgan fingerprint density at radius 1 is 1.00 bits per heavy atom. The molecule has 6 nitrogen and oxygen atoms in total. The number of hydrogen-bond acceptors (Lipinski definition) is 5. The van der Waals surface area contributed by atoms with Crippen LogP contribution in [0, 0.1) is 0 Å². The van der Waals surface area contributed by atoms with Gasteiger partial charge in [-0.1, -0.05) is 30.3 Å². The standard InChI is InChI=1S/C19H17N5O/c1-25-15-9-7-14(8-10-15)22-19-23-16(11-13-5-3-2-4-6-13)17-18(24-19)21-12-20-17/h2-10,12H,11H2,1H3,(H2,20,21,22,23,24). The van der Waals surface area contributed by atoms with Crippen molar-refractivity contribution in [2.75, 3.05) is 12.4 Å². The van der Waals surface area contributed by atoms with Gasteiger partial charge >= 0.3 is 0 Å². The molecule has 0 saturated heterocycles. The number of hydrogen-bond donors (Lipinski definition) is 2. The quantitative estimate of drug-likeness (QED) is 0.583. The largest absolute Gasteiger partial charge is 0.497 e. The normalized spacial score (nSPS) is 10.8. The van der Waals surface area contributed by atoms with E-state index in [1.54, 1.807) is 13.4 Å². The second-order valence-corrected chi connectivity index (χ2v) is 5.61. The summed E-state index contributed by atoms with van der Waals surface area (Å²) in [6, 6.07) is 17.9. The van der Waals surface area contributed by atoms with E-state index in [2.05, 4.69) is 37.4 Å². The van der Waals surface area contributed by atoms with Crippen molar-refractivity contribution in [2.45, 2.75) is 6.42 Å². The van der Waals surface area contributed by atoms with Crippen molar-refractivity contribution in [3.63, 3.8) is 0 Å². The number of ether oxygens (including phenoxy) is 1. The summed E-state index contributed by atoms with van der Waals surface area (Å²) in [4.78, 5) is 16.6. The van der Waals surface area contributed by atoms with E-state index < -0.39 is 0 Å². The van der Waals surface area contributed by atoms with E-state index in [0.717, 1.165) is 22.6 Å². The van der Waals surface area contributed by atoms with Crippen LogP contribution in [0.15, 0.2) is 60.9 Å². The van der Waals surface area contributed by atoms with Crippen LogP contribution in [0.1, 0.15) is 11.3 Å². The van der Waals surface area contributed by atoms with E-state index in [1.807, 2.05) is 42.5 Å². The van der Waals surface area contributed by atoms with Crippen LogP contribution in [0.4, 0.5) is 11.6 Å². The molecule has 0 fully saturated rings. The number of rotatable bonds is 5. The van der Waals surface area contributed by atoms with E-state index >= 15 is 0 Å². The predicted molar refractivity (Wildman–Crippen MR) is 97.2 cm³/mol. The number of aromatic amines is 1. The topological polar surface area (TPSA) is 75.7 Å². The first-order chi connectivity index (χ1) is 12.3. The number of H-pyrrole nitrogens is 1. The second kappa shape index (κ2) is 6.60. The number of anilines is 2. The third kappa shape index (κ3) is 3.28. The zero-order chi connectivity index (χ0) is 17.1. The molecule has 0 aliphatic heterocycles. The fourth-order valence-electron chi connectivity index (χ4n) is 2.67. The number of aromatic nitrogens is 4. The van der Waals surface area contributed by atoms with Gasteiger partial charge in [0, 0.05) is 12.1 Å². The van der Waals surface area contributed by atoms with Crippen LogP contribution in [-0.4, -0.2) is 27.0 Å². The van der Waals surface area contributed by atoms with Gasteiger partial charge in [0.2, 0.25) is 5.95 Å². The molecule has 2 aromatic heterocycles. The number of methoxy groups -OCH3 is 1. The minimum absolute atomic E-state index is 0.524. The number of imidazole rings is 1. The maximum Gasteiger partial charge on any atom is 0.229 e. The molecule has 0 radical (unpaired) electrons. The van der Waals surface area contributed by atoms with Gasteiger partial charge in [-0.15, -0.1) is 0 Å². The monoisotopic (exact) mass is 331 g/mol. The Bertz CT molecular complexity index is 980. The smallest absolute Gasteiger partial charge is 0.229 e. The highest BCUT2D eigenvalue weighted by Crippen LogP contribution is 2.21. The molecule has 0 unspecified atom stereocenters. The van der Waals surface area contributed by atoms with Crippen molar-refractivity contribution in [1.29, 1.82) is 0 Å². The molecule has 0 aliphatic carbocycles. The highest BCUT2D eigenvalue weighted by atomic mass is 16.5. The fourth-order valence-corrected chi connectivity index (χ4v) is 2.67. The molecule has 0 aliphatic rings.